The average Bonchev–Trinajstić information content (AvgIpc) is 3.56. The minimum Gasteiger partial charge on any atom is -0.361 e. The van der Waals surface area contributed by atoms with Crippen LogP contribution in [0.4, 0.5) is 4.39 Å². The second-order valence-electron chi connectivity index (χ2n) is 7.69. The first-order valence-corrected chi connectivity index (χ1v) is 11.4. The van der Waals surface area contributed by atoms with E-state index in [2.05, 4.69) is 29.7 Å². The summed E-state index contributed by atoms with van der Waals surface area (Å²) in [5.74, 6) is 0.560. The first kappa shape index (κ1) is 21.1. The lowest BCUT2D eigenvalue weighted by Gasteiger charge is -2.10. The van der Waals surface area contributed by atoms with Gasteiger partial charge in [0.05, 0.1) is 12.0 Å². The topological polar surface area (TPSA) is 92.2 Å². The SMILES string of the molecule is O=Cc1cccc(Sc2nnc(Cc3c[nH]c4cc(F)ccc34)n2CCCc2c[nH]cn2)c1. The molecule has 0 fully saturated rings. The van der Waals surface area contributed by atoms with Gasteiger partial charge in [-0.2, -0.15) is 0 Å². The van der Waals surface area contributed by atoms with Crippen molar-refractivity contribution >= 4 is 29.0 Å². The predicted octanol–water partition coefficient (Wildman–Crippen LogP) is 4.81. The third-order valence-corrected chi connectivity index (χ3v) is 6.42. The van der Waals surface area contributed by atoms with E-state index in [1.807, 2.05) is 30.6 Å². The van der Waals surface area contributed by atoms with Gasteiger partial charge in [-0.25, -0.2) is 9.37 Å². The molecule has 33 heavy (non-hydrogen) atoms. The number of rotatable bonds is 9. The Morgan fingerprint density at radius 1 is 1.12 bits per heavy atom. The van der Waals surface area contributed by atoms with Crippen molar-refractivity contribution in [2.75, 3.05) is 0 Å². The van der Waals surface area contributed by atoms with Gasteiger partial charge in [-0.05, 0) is 60.5 Å². The van der Waals surface area contributed by atoms with E-state index in [0.717, 1.165) is 63.7 Å². The van der Waals surface area contributed by atoms with Crippen LogP contribution in [0.15, 0.2) is 71.2 Å². The fourth-order valence-electron chi connectivity index (χ4n) is 3.83. The van der Waals surface area contributed by atoms with Gasteiger partial charge in [0.2, 0.25) is 0 Å². The van der Waals surface area contributed by atoms with Gasteiger partial charge in [0.1, 0.15) is 17.9 Å². The van der Waals surface area contributed by atoms with Crippen LogP contribution < -0.4 is 0 Å². The molecule has 0 aliphatic heterocycles. The minimum absolute atomic E-state index is 0.270. The molecule has 0 unspecified atom stereocenters. The Labute approximate surface area is 193 Å². The molecule has 0 saturated carbocycles. The molecule has 0 saturated heterocycles. The molecule has 2 aromatic carbocycles. The summed E-state index contributed by atoms with van der Waals surface area (Å²) in [5.41, 5.74) is 3.42. The zero-order valence-corrected chi connectivity index (χ0v) is 18.5. The maximum Gasteiger partial charge on any atom is 0.196 e. The van der Waals surface area contributed by atoms with Crippen molar-refractivity contribution in [1.82, 2.24) is 29.7 Å². The van der Waals surface area contributed by atoms with E-state index in [0.29, 0.717) is 12.0 Å². The Kier molecular flexibility index (Phi) is 6.03. The molecule has 3 aromatic heterocycles. The highest BCUT2D eigenvalue weighted by atomic mass is 32.2. The standard InChI is InChI=1S/C24H21FN6OS/c25-18-6-7-21-17(12-27-22(21)11-18)10-23-29-30-24(33-20-5-1-3-16(9-20)14-32)31(23)8-2-4-19-13-26-15-28-19/h1,3,5-7,9,11-15,27H,2,4,8,10H2,(H,26,28). The normalized spacial score (nSPS) is 11.3. The minimum atomic E-state index is -0.270. The number of H-pyrrole nitrogens is 2. The highest BCUT2D eigenvalue weighted by molar-refractivity contribution is 7.99. The number of carbonyl (C=O) groups excluding carboxylic acids is 1. The summed E-state index contributed by atoms with van der Waals surface area (Å²) >= 11 is 1.48. The second-order valence-corrected chi connectivity index (χ2v) is 8.73. The number of imidazole rings is 1. The first-order valence-electron chi connectivity index (χ1n) is 10.6. The Balaban J connectivity index is 1.43. The van der Waals surface area contributed by atoms with Crippen molar-refractivity contribution in [3.63, 3.8) is 0 Å². The van der Waals surface area contributed by atoms with Crippen LogP contribution >= 0.6 is 11.8 Å². The monoisotopic (exact) mass is 460 g/mol. The van der Waals surface area contributed by atoms with Crippen molar-refractivity contribution in [2.45, 2.75) is 35.9 Å². The predicted molar refractivity (Wildman–Crippen MR) is 124 cm³/mol. The largest absolute Gasteiger partial charge is 0.361 e. The van der Waals surface area contributed by atoms with Crippen LogP contribution in [-0.4, -0.2) is 36.0 Å². The van der Waals surface area contributed by atoms with Crippen LogP contribution in [0.25, 0.3) is 10.9 Å². The van der Waals surface area contributed by atoms with Crippen LogP contribution in [0.1, 0.15) is 33.9 Å². The number of fused-ring (bicyclic) bond motifs is 1. The van der Waals surface area contributed by atoms with Crippen LogP contribution in [0, 0.1) is 5.82 Å². The van der Waals surface area contributed by atoms with E-state index >= 15 is 0 Å². The highest BCUT2D eigenvalue weighted by Crippen LogP contribution is 2.29. The highest BCUT2D eigenvalue weighted by Gasteiger charge is 2.16. The third kappa shape index (κ3) is 4.73. The van der Waals surface area contributed by atoms with Crippen molar-refractivity contribution < 1.29 is 9.18 Å². The molecule has 0 spiro atoms. The molecule has 0 radical (unpaired) electrons. The molecule has 0 aliphatic carbocycles. The van der Waals surface area contributed by atoms with E-state index in [1.165, 1.54) is 23.9 Å². The summed E-state index contributed by atoms with van der Waals surface area (Å²) in [6.45, 7) is 0.724. The van der Waals surface area contributed by atoms with Crippen molar-refractivity contribution in [1.29, 1.82) is 0 Å². The van der Waals surface area contributed by atoms with Crippen LogP contribution in [0.3, 0.4) is 0 Å². The molecule has 0 amide bonds. The summed E-state index contributed by atoms with van der Waals surface area (Å²) in [7, 11) is 0. The number of nitrogens with zero attached hydrogens (tertiary/aromatic N) is 4. The molecular formula is C24H21FN6OS. The number of hydrogen-bond donors (Lipinski definition) is 2. The number of benzene rings is 2. The number of aryl methyl sites for hydroxylation is 1. The molecule has 0 aliphatic rings. The number of carbonyl (C=O) groups is 1. The van der Waals surface area contributed by atoms with Crippen molar-refractivity contribution in [2.24, 2.45) is 0 Å². The third-order valence-electron chi connectivity index (χ3n) is 5.44. The summed E-state index contributed by atoms with van der Waals surface area (Å²) in [6.07, 6.45) is 8.59. The lowest BCUT2D eigenvalue weighted by atomic mass is 10.1. The maximum atomic E-state index is 13.6. The van der Waals surface area contributed by atoms with Gasteiger partial charge in [-0.1, -0.05) is 12.1 Å². The number of halogens is 1. The Morgan fingerprint density at radius 2 is 2.06 bits per heavy atom. The zero-order valence-electron chi connectivity index (χ0n) is 17.7. The molecule has 3 heterocycles. The van der Waals surface area contributed by atoms with E-state index < -0.39 is 0 Å². The zero-order chi connectivity index (χ0) is 22.6. The number of nitrogens with one attached hydrogen (secondary N) is 2. The smallest absolute Gasteiger partial charge is 0.196 e. The lowest BCUT2D eigenvalue weighted by molar-refractivity contribution is 0.112. The van der Waals surface area contributed by atoms with Crippen LogP contribution in [0.2, 0.25) is 0 Å². The second kappa shape index (κ2) is 9.41. The Bertz CT molecular complexity index is 1390. The fourth-order valence-corrected chi connectivity index (χ4v) is 4.77. The number of aldehydes is 1. The number of aromatic amines is 2. The van der Waals surface area contributed by atoms with Gasteiger partial charge < -0.3 is 14.5 Å². The van der Waals surface area contributed by atoms with E-state index in [1.54, 1.807) is 18.5 Å². The quantitative estimate of drug-likeness (QED) is 0.308. The summed E-state index contributed by atoms with van der Waals surface area (Å²) in [5, 5.41) is 10.7. The van der Waals surface area contributed by atoms with Gasteiger partial charge in [0.25, 0.3) is 0 Å². The Morgan fingerprint density at radius 3 is 2.91 bits per heavy atom. The number of hydrogen-bond acceptors (Lipinski definition) is 5. The van der Waals surface area contributed by atoms with E-state index in [9.17, 15) is 9.18 Å². The molecule has 7 nitrogen and oxygen atoms in total. The van der Waals surface area contributed by atoms with Gasteiger partial charge in [-0.3, -0.25) is 4.79 Å². The van der Waals surface area contributed by atoms with Crippen LogP contribution in [0.5, 0.6) is 0 Å². The average molecular weight is 461 g/mol. The molecule has 2 N–H and O–H groups in total. The molecular weight excluding hydrogens is 439 g/mol. The summed E-state index contributed by atoms with van der Waals surface area (Å²) in [4.78, 5) is 22.5. The Hall–Kier alpha value is -3.72. The molecule has 5 aromatic rings. The lowest BCUT2D eigenvalue weighted by Crippen LogP contribution is -2.07. The molecule has 166 valence electrons. The summed E-state index contributed by atoms with van der Waals surface area (Å²) < 4.78 is 15.7. The molecule has 0 bridgehead atoms. The molecule has 9 heteroatoms. The molecule has 0 atom stereocenters. The van der Waals surface area contributed by atoms with Gasteiger partial charge in [-0.15, -0.1) is 10.2 Å². The van der Waals surface area contributed by atoms with E-state index in [-0.39, 0.29) is 5.82 Å². The summed E-state index contributed by atoms with van der Waals surface area (Å²) in [6, 6.07) is 12.2. The van der Waals surface area contributed by atoms with Crippen molar-refractivity contribution in [3.8, 4) is 0 Å². The van der Waals surface area contributed by atoms with Crippen LogP contribution in [-0.2, 0) is 19.4 Å². The van der Waals surface area contributed by atoms with Gasteiger partial charge in [0.15, 0.2) is 5.16 Å². The van der Waals surface area contributed by atoms with E-state index in [4.69, 9.17) is 0 Å². The van der Waals surface area contributed by atoms with Gasteiger partial charge in [0, 0.05) is 46.7 Å². The fraction of sp³-hybridized carbons (Fsp3) is 0.167. The van der Waals surface area contributed by atoms with Crippen molar-refractivity contribution in [3.05, 3.63) is 89.6 Å². The molecule has 5 rings (SSSR count). The maximum absolute atomic E-state index is 13.6. The number of aromatic nitrogens is 6. The van der Waals surface area contributed by atoms with Gasteiger partial charge >= 0.3 is 0 Å². The first-order chi connectivity index (χ1) is 16.2.